The number of benzene rings is 1. The fraction of sp³-hybridized carbons (Fsp3) is 0.529. The van der Waals surface area contributed by atoms with Crippen molar-refractivity contribution in [2.45, 2.75) is 20.0 Å². The number of ether oxygens (including phenoxy) is 2. The minimum atomic E-state index is -0.403. The van der Waals surface area contributed by atoms with Crippen molar-refractivity contribution in [2.75, 3.05) is 26.3 Å². The predicted molar refractivity (Wildman–Crippen MR) is 83.5 cm³/mol. The van der Waals surface area contributed by atoms with Crippen LogP contribution in [0.15, 0.2) is 30.3 Å². The van der Waals surface area contributed by atoms with E-state index >= 15 is 0 Å². The lowest BCUT2D eigenvalue weighted by Crippen LogP contribution is -2.46. The SMILES string of the molecule is CC(=O)OC[C@H]1C[C@@H](CO)CN(C(=O)OCc2ccccc2)C1. The monoisotopic (exact) mass is 321 g/mol. The van der Waals surface area contributed by atoms with Crippen LogP contribution in [0, 0.1) is 11.8 Å². The molecule has 2 atom stereocenters. The smallest absolute Gasteiger partial charge is 0.410 e. The van der Waals surface area contributed by atoms with Gasteiger partial charge >= 0.3 is 12.1 Å². The summed E-state index contributed by atoms with van der Waals surface area (Å²) in [5.74, 6) is -0.336. The first-order valence-electron chi connectivity index (χ1n) is 7.78. The second-order valence-electron chi connectivity index (χ2n) is 5.90. The van der Waals surface area contributed by atoms with E-state index in [0.29, 0.717) is 13.1 Å². The average molecular weight is 321 g/mol. The van der Waals surface area contributed by atoms with Gasteiger partial charge in [-0.05, 0) is 12.0 Å². The second-order valence-corrected chi connectivity index (χ2v) is 5.90. The summed E-state index contributed by atoms with van der Waals surface area (Å²) < 4.78 is 10.4. The number of hydrogen-bond donors (Lipinski definition) is 1. The van der Waals surface area contributed by atoms with Crippen LogP contribution in [-0.4, -0.2) is 48.4 Å². The quantitative estimate of drug-likeness (QED) is 0.837. The molecule has 1 aromatic carbocycles. The molecule has 6 heteroatoms. The number of aliphatic hydroxyl groups excluding tert-OH is 1. The Balaban J connectivity index is 1.88. The van der Waals surface area contributed by atoms with Crippen LogP contribution in [0.2, 0.25) is 0 Å². The number of hydrogen-bond acceptors (Lipinski definition) is 5. The van der Waals surface area contributed by atoms with E-state index in [4.69, 9.17) is 9.47 Å². The molecule has 0 radical (unpaired) electrons. The first-order chi connectivity index (χ1) is 11.1. The van der Waals surface area contributed by atoms with Gasteiger partial charge in [-0.3, -0.25) is 4.79 Å². The molecule has 2 rings (SSSR count). The summed E-state index contributed by atoms with van der Waals surface area (Å²) in [6, 6.07) is 9.47. The van der Waals surface area contributed by atoms with Gasteiger partial charge in [0.05, 0.1) is 6.61 Å². The molecule has 1 fully saturated rings. The molecule has 1 N–H and O–H groups in total. The van der Waals surface area contributed by atoms with Crippen molar-refractivity contribution in [3.8, 4) is 0 Å². The first-order valence-corrected chi connectivity index (χ1v) is 7.78. The number of piperidine rings is 1. The van der Waals surface area contributed by atoms with E-state index < -0.39 is 6.09 Å². The van der Waals surface area contributed by atoms with Gasteiger partial charge in [-0.1, -0.05) is 30.3 Å². The van der Waals surface area contributed by atoms with Gasteiger partial charge in [0.1, 0.15) is 6.61 Å². The van der Waals surface area contributed by atoms with Gasteiger partial charge in [0.15, 0.2) is 0 Å². The number of carbonyl (C=O) groups is 2. The lowest BCUT2D eigenvalue weighted by atomic mass is 9.90. The Kier molecular flexibility index (Phi) is 6.40. The van der Waals surface area contributed by atoms with Crippen molar-refractivity contribution in [3.05, 3.63) is 35.9 Å². The molecule has 0 aromatic heterocycles. The van der Waals surface area contributed by atoms with Gasteiger partial charge in [0.25, 0.3) is 0 Å². The molecule has 0 spiro atoms. The van der Waals surface area contributed by atoms with E-state index in [-0.39, 0.29) is 37.6 Å². The number of likely N-dealkylation sites (tertiary alicyclic amines) is 1. The fourth-order valence-electron chi connectivity index (χ4n) is 2.77. The number of esters is 1. The number of rotatable bonds is 5. The fourth-order valence-corrected chi connectivity index (χ4v) is 2.77. The molecule has 1 amide bonds. The molecule has 0 aliphatic carbocycles. The Morgan fingerprint density at radius 3 is 2.52 bits per heavy atom. The zero-order chi connectivity index (χ0) is 16.7. The summed E-state index contributed by atoms with van der Waals surface area (Å²) in [5, 5.41) is 9.41. The van der Waals surface area contributed by atoms with E-state index in [1.165, 1.54) is 6.92 Å². The Labute approximate surface area is 136 Å². The molecule has 126 valence electrons. The third kappa shape index (κ3) is 5.56. The van der Waals surface area contributed by atoms with E-state index in [1.807, 2.05) is 30.3 Å². The molecule has 6 nitrogen and oxygen atoms in total. The molecule has 1 saturated heterocycles. The van der Waals surface area contributed by atoms with Crippen LogP contribution in [0.1, 0.15) is 18.9 Å². The molecule has 0 bridgehead atoms. The highest BCUT2D eigenvalue weighted by molar-refractivity contribution is 5.68. The van der Waals surface area contributed by atoms with E-state index in [2.05, 4.69) is 0 Å². The molecule has 1 aromatic rings. The summed E-state index contributed by atoms with van der Waals surface area (Å²) in [7, 11) is 0. The third-order valence-corrected chi connectivity index (χ3v) is 3.87. The molecule has 1 aliphatic heterocycles. The van der Waals surface area contributed by atoms with Crippen LogP contribution in [0.25, 0.3) is 0 Å². The maximum atomic E-state index is 12.2. The maximum Gasteiger partial charge on any atom is 0.410 e. The number of aliphatic hydroxyl groups is 1. The van der Waals surface area contributed by atoms with Crippen LogP contribution < -0.4 is 0 Å². The first kappa shape index (κ1) is 17.3. The van der Waals surface area contributed by atoms with Gasteiger partial charge < -0.3 is 19.5 Å². The summed E-state index contributed by atoms with van der Waals surface area (Å²) in [6.07, 6.45) is 0.325. The molecule has 23 heavy (non-hydrogen) atoms. The zero-order valence-electron chi connectivity index (χ0n) is 13.3. The van der Waals surface area contributed by atoms with Gasteiger partial charge in [0.2, 0.25) is 0 Å². The van der Waals surface area contributed by atoms with Crippen LogP contribution in [0.4, 0.5) is 4.79 Å². The maximum absolute atomic E-state index is 12.2. The van der Waals surface area contributed by atoms with Crippen molar-refractivity contribution < 1.29 is 24.2 Å². The molecular formula is C17H23NO5. The van der Waals surface area contributed by atoms with Crippen LogP contribution in [0.3, 0.4) is 0 Å². The van der Waals surface area contributed by atoms with Gasteiger partial charge in [-0.15, -0.1) is 0 Å². The molecule has 1 aliphatic rings. The molecule has 1 heterocycles. The third-order valence-electron chi connectivity index (χ3n) is 3.87. The Hall–Kier alpha value is -2.08. The average Bonchev–Trinajstić information content (AvgIpc) is 2.58. The highest BCUT2D eigenvalue weighted by Gasteiger charge is 2.31. The summed E-state index contributed by atoms with van der Waals surface area (Å²) in [5.41, 5.74) is 0.924. The molecular weight excluding hydrogens is 298 g/mol. The number of nitrogens with zero attached hydrogens (tertiary/aromatic N) is 1. The predicted octanol–water partition coefficient (Wildman–Crippen LogP) is 1.82. The van der Waals surface area contributed by atoms with Crippen molar-refractivity contribution in [1.82, 2.24) is 4.90 Å². The Morgan fingerprint density at radius 1 is 1.17 bits per heavy atom. The van der Waals surface area contributed by atoms with Crippen molar-refractivity contribution in [1.29, 1.82) is 0 Å². The van der Waals surface area contributed by atoms with Gasteiger partial charge in [0, 0.05) is 38.5 Å². The minimum Gasteiger partial charge on any atom is -0.466 e. The Morgan fingerprint density at radius 2 is 1.87 bits per heavy atom. The van der Waals surface area contributed by atoms with Crippen LogP contribution in [-0.2, 0) is 20.9 Å². The zero-order valence-corrected chi connectivity index (χ0v) is 13.3. The Bertz CT molecular complexity index is 519. The van der Waals surface area contributed by atoms with Crippen LogP contribution >= 0.6 is 0 Å². The summed E-state index contributed by atoms with van der Waals surface area (Å²) >= 11 is 0. The second kappa shape index (κ2) is 8.53. The number of carbonyl (C=O) groups excluding carboxylic acids is 2. The number of amides is 1. The van der Waals surface area contributed by atoms with E-state index in [9.17, 15) is 14.7 Å². The van der Waals surface area contributed by atoms with E-state index in [1.54, 1.807) is 4.90 Å². The van der Waals surface area contributed by atoms with Gasteiger partial charge in [-0.2, -0.15) is 0 Å². The normalized spacial score (nSPS) is 20.9. The minimum absolute atomic E-state index is 0.000956. The standard InChI is InChI=1S/C17H23NO5/c1-13(20)22-12-16-7-15(10-19)8-18(9-16)17(21)23-11-14-5-3-2-4-6-14/h2-6,15-16,19H,7-12H2,1H3/t15-,16+/m1/s1. The highest BCUT2D eigenvalue weighted by atomic mass is 16.6. The molecule has 0 saturated carbocycles. The van der Waals surface area contributed by atoms with Crippen LogP contribution in [0.5, 0.6) is 0 Å². The van der Waals surface area contributed by atoms with E-state index in [0.717, 1.165) is 12.0 Å². The van der Waals surface area contributed by atoms with Crippen molar-refractivity contribution >= 4 is 12.1 Å². The lowest BCUT2D eigenvalue weighted by Gasteiger charge is -2.36. The van der Waals surface area contributed by atoms with Crippen molar-refractivity contribution in [2.24, 2.45) is 11.8 Å². The summed E-state index contributed by atoms with van der Waals surface area (Å²) in [4.78, 5) is 24.8. The molecule has 0 unspecified atom stereocenters. The highest BCUT2D eigenvalue weighted by Crippen LogP contribution is 2.23. The largest absolute Gasteiger partial charge is 0.466 e. The lowest BCUT2D eigenvalue weighted by molar-refractivity contribution is -0.143. The summed E-state index contributed by atoms with van der Waals surface area (Å²) in [6.45, 7) is 2.76. The van der Waals surface area contributed by atoms with Crippen molar-refractivity contribution in [3.63, 3.8) is 0 Å². The van der Waals surface area contributed by atoms with Gasteiger partial charge in [-0.25, -0.2) is 4.79 Å². The topological polar surface area (TPSA) is 76.1 Å².